The lowest BCUT2D eigenvalue weighted by atomic mass is 10.3. The molecule has 6 heteroatoms. The molecule has 16 heavy (non-hydrogen) atoms. The molecule has 0 bridgehead atoms. The number of hydrogen-bond donors (Lipinski definition) is 1. The lowest BCUT2D eigenvalue weighted by molar-refractivity contribution is 0.0694. The summed E-state index contributed by atoms with van der Waals surface area (Å²) in [6.07, 6.45) is 0.0256. The van der Waals surface area contributed by atoms with Crippen molar-refractivity contribution in [1.29, 1.82) is 0 Å². The van der Waals surface area contributed by atoms with E-state index in [1.165, 1.54) is 0 Å². The second-order valence-electron chi connectivity index (χ2n) is 3.51. The predicted octanol–water partition coefficient (Wildman–Crippen LogP) is 2.39. The maximum Gasteiger partial charge on any atom is 0.160 e. The minimum atomic E-state index is 0.0256. The zero-order valence-electron chi connectivity index (χ0n) is 9.29. The number of hydrogen-bond acceptors (Lipinski definition) is 5. The molecule has 1 atom stereocenters. The topological polar surface area (TPSA) is 47.0 Å². The summed E-state index contributed by atoms with van der Waals surface area (Å²) in [5.41, 5.74) is 0.938. The second-order valence-corrected chi connectivity index (χ2v) is 5.46. The number of nitrogens with zero attached hydrogens (tertiary/aromatic N) is 2. The zero-order chi connectivity index (χ0) is 11.5. The van der Waals surface area contributed by atoms with E-state index in [4.69, 9.17) is 4.74 Å². The Morgan fingerprint density at radius 2 is 2.31 bits per heavy atom. The van der Waals surface area contributed by atoms with Crippen molar-refractivity contribution >= 4 is 33.5 Å². The smallest absolute Gasteiger partial charge is 0.160 e. The average Bonchev–Trinajstić information content (AvgIpc) is 2.33. The average molecular weight is 304 g/mol. The van der Waals surface area contributed by atoms with Crippen LogP contribution in [0.5, 0.6) is 0 Å². The molecule has 88 valence electrons. The van der Waals surface area contributed by atoms with Crippen LogP contribution in [0.25, 0.3) is 0 Å². The third-order valence-electron chi connectivity index (χ3n) is 2.37. The van der Waals surface area contributed by atoms with Crippen molar-refractivity contribution in [2.24, 2.45) is 0 Å². The normalized spacial score (nSPS) is 20.8. The Balaban J connectivity index is 2.29. The number of aryl methyl sites for hydroxylation is 1. The summed E-state index contributed by atoms with van der Waals surface area (Å²) < 4.78 is 6.59. The number of thioether (sulfide) groups is 1. The van der Waals surface area contributed by atoms with Crippen molar-refractivity contribution in [2.45, 2.75) is 13.0 Å². The molecule has 0 amide bonds. The first-order valence-electron chi connectivity index (χ1n) is 5.13. The van der Waals surface area contributed by atoms with Crippen LogP contribution in [-0.4, -0.2) is 35.1 Å². The number of ether oxygens (including phenoxy) is 1. The van der Waals surface area contributed by atoms with E-state index in [1.54, 1.807) is 0 Å². The molecule has 1 aromatic heterocycles. The van der Waals surface area contributed by atoms with Gasteiger partial charge >= 0.3 is 0 Å². The molecule has 1 saturated heterocycles. The highest BCUT2D eigenvalue weighted by Crippen LogP contribution is 2.28. The molecule has 1 N–H and O–H groups in total. The van der Waals surface area contributed by atoms with Gasteiger partial charge in [-0.15, -0.1) is 0 Å². The van der Waals surface area contributed by atoms with Crippen LogP contribution in [-0.2, 0) is 4.74 Å². The summed E-state index contributed by atoms with van der Waals surface area (Å²) in [4.78, 5) is 8.94. The van der Waals surface area contributed by atoms with Gasteiger partial charge in [0.2, 0.25) is 0 Å². The first-order chi connectivity index (χ1) is 7.72. The second kappa shape index (κ2) is 5.33. The highest BCUT2D eigenvalue weighted by atomic mass is 79.9. The van der Waals surface area contributed by atoms with Crippen molar-refractivity contribution in [2.75, 3.05) is 30.5 Å². The highest BCUT2D eigenvalue weighted by molar-refractivity contribution is 9.10. The fourth-order valence-corrected chi connectivity index (χ4v) is 2.74. The van der Waals surface area contributed by atoms with E-state index in [0.29, 0.717) is 0 Å². The maximum absolute atomic E-state index is 5.67. The lowest BCUT2D eigenvalue weighted by Gasteiger charge is -2.22. The van der Waals surface area contributed by atoms with Crippen LogP contribution in [0.1, 0.15) is 17.6 Å². The summed E-state index contributed by atoms with van der Waals surface area (Å²) in [7, 11) is 1.85. The molecule has 0 radical (unpaired) electrons. The van der Waals surface area contributed by atoms with Crippen molar-refractivity contribution in [3.63, 3.8) is 0 Å². The van der Waals surface area contributed by atoms with Gasteiger partial charge in [0.15, 0.2) is 5.82 Å². The quantitative estimate of drug-likeness (QED) is 0.909. The van der Waals surface area contributed by atoms with Gasteiger partial charge in [-0.25, -0.2) is 9.97 Å². The Labute approximate surface area is 108 Å². The molecule has 0 saturated carbocycles. The number of nitrogens with one attached hydrogen (secondary N) is 1. The third-order valence-corrected chi connectivity index (χ3v) is 4.32. The number of aromatic nitrogens is 2. The number of halogens is 1. The van der Waals surface area contributed by atoms with Crippen LogP contribution in [0, 0.1) is 6.92 Å². The Kier molecular flexibility index (Phi) is 4.05. The van der Waals surface area contributed by atoms with Crippen molar-refractivity contribution in [3.05, 3.63) is 16.0 Å². The molecule has 1 fully saturated rings. The van der Waals surface area contributed by atoms with Crippen LogP contribution >= 0.6 is 27.7 Å². The van der Waals surface area contributed by atoms with E-state index < -0.39 is 0 Å². The van der Waals surface area contributed by atoms with E-state index in [9.17, 15) is 0 Å². The van der Waals surface area contributed by atoms with Crippen molar-refractivity contribution in [3.8, 4) is 0 Å². The first-order valence-corrected chi connectivity index (χ1v) is 7.08. The van der Waals surface area contributed by atoms with E-state index in [2.05, 4.69) is 31.2 Å². The van der Waals surface area contributed by atoms with Gasteiger partial charge in [-0.2, -0.15) is 11.8 Å². The fourth-order valence-electron chi connectivity index (χ4n) is 1.53. The largest absolute Gasteiger partial charge is 0.372 e. The molecular formula is C10H14BrN3OS. The predicted molar refractivity (Wildman–Crippen MR) is 70.0 cm³/mol. The van der Waals surface area contributed by atoms with Gasteiger partial charge in [-0.05, 0) is 22.9 Å². The Hall–Kier alpha value is -0.330. The molecule has 2 heterocycles. The highest BCUT2D eigenvalue weighted by Gasteiger charge is 2.21. The van der Waals surface area contributed by atoms with E-state index in [1.807, 2.05) is 25.7 Å². The minimum Gasteiger partial charge on any atom is -0.372 e. The van der Waals surface area contributed by atoms with Gasteiger partial charge < -0.3 is 10.1 Å². The summed E-state index contributed by atoms with van der Waals surface area (Å²) in [5.74, 6) is 3.59. The summed E-state index contributed by atoms with van der Waals surface area (Å²) in [6.45, 7) is 2.74. The number of anilines is 1. The van der Waals surface area contributed by atoms with E-state index in [0.717, 1.165) is 39.9 Å². The zero-order valence-corrected chi connectivity index (χ0v) is 11.7. The molecule has 0 aliphatic carbocycles. The maximum atomic E-state index is 5.67. The fraction of sp³-hybridized carbons (Fsp3) is 0.600. The molecule has 4 nitrogen and oxygen atoms in total. The van der Waals surface area contributed by atoms with Gasteiger partial charge in [-0.1, -0.05) is 0 Å². The molecule has 0 spiro atoms. The third kappa shape index (κ3) is 2.49. The van der Waals surface area contributed by atoms with Crippen LogP contribution in [0.3, 0.4) is 0 Å². The first kappa shape index (κ1) is 12.1. The van der Waals surface area contributed by atoms with Gasteiger partial charge in [0.25, 0.3) is 0 Å². The van der Waals surface area contributed by atoms with Gasteiger partial charge in [0, 0.05) is 18.6 Å². The number of rotatable bonds is 2. The molecule has 1 aromatic rings. The van der Waals surface area contributed by atoms with Crippen molar-refractivity contribution < 1.29 is 4.74 Å². The van der Waals surface area contributed by atoms with Gasteiger partial charge in [-0.3, -0.25) is 0 Å². The Bertz CT molecular complexity index is 383. The molecule has 0 aromatic carbocycles. The Morgan fingerprint density at radius 3 is 2.94 bits per heavy atom. The molecule has 1 aliphatic rings. The van der Waals surface area contributed by atoms with Crippen LogP contribution in [0.4, 0.5) is 5.82 Å². The summed E-state index contributed by atoms with van der Waals surface area (Å²) >= 11 is 5.35. The van der Waals surface area contributed by atoms with E-state index in [-0.39, 0.29) is 6.10 Å². The van der Waals surface area contributed by atoms with Crippen LogP contribution < -0.4 is 5.32 Å². The van der Waals surface area contributed by atoms with Crippen LogP contribution in [0.2, 0.25) is 0 Å². The Morgan fingerprint density at radius 1 is 1.50 bits per heavy atom. The minimum absolute atomic E-state index is 0.0256. The van der Waals surface area contributed by atoms with Crippen molar-refractivity contribution in [1.82, 2.24) is 9.97 Å². The van der Waals surface area contributed by atoms with E-state index >= 15 is 0 Å². The lowest BCUT2D eigenvalue weighted by Crippen LogP contribution is -2.19. The standard InChI is InChI=1S/C10H14BrN3OS/c1-6-8(11)10(12-2)14-9(13-6)7-5-16-4-3-15-7/h7H,3-5H2,1-2H3,(H,12,13,14). The summed E-state index contributed by atoms with van der Waals surface area (Å²) in [5, 5.41) is 3.06. The SMILES string of the molecule is CNc1nc(C2CSCCO2)nc(C)c1Br. The molecular weight excluding hydrogens is 290 g/mol. The molecule has 1 aliphatic heterocycles. The van der Waals surface area contributed by atoms with Gasteiger partial charge in [0.05, 0.1) is 16.8 Å². The van der Waals surface area contributed by atoms with Crippen LogP contribution in [0.15, 0.2) is 4.47 Å². The molecule has 1 unspecified atom stereocenters. The molecule has 2 rings (SSSR count). The summed E-state index contributed by atoms with van der Waals surface area (Å²) in [6, 6.07) is 0. The monoisotopic (exact) mass is 303 g/mol. The van der Waals surface area contributed by atoms with Gasteiger partial charge in [0.1, 0.15) is 11.9 Å².